The lowest BCUT2D eigenvalue weighted by atomic mass is 10.1. The molecule has 2 atom stereocenters. The van der Waals surface area contributed by atoms with Gasteiger partial charge >= 0.3 is 12.2 Å². The van der Waals surface area contributed by atoms with E-state index in [0.717, 1.165) is 6.92 Å². The first-order chi connectivity index (χ1) is 16.2. The minimum atomic E-state index is -4.59. The van der Waals surface area contributed by atoms with Crippen molar-refractivity contribution in [2.45, 2.75) is 31.6 Å². The van der Waals surface area contributed by atoms with E-state index in [1.54, 1.807) is 12.1 Å². The summed E-state index contributed by atoms with van der Waals surface area (Å²) in [6.45, 7) is 1.98. The van der Waals surface area contributed by atoms with Crippen LogP contribution >= 0.6 is 0 Å². The Kier molecular flexibility index (Phi) is 6.46. The Morgan fingerprint density at radius 1 is 1.32 bits per heavy atom. The van der Waals surface area contributed by atoms with E-state index in [2.05, 4.69) is 15.3 Å². The molecule has 4 rings (SSSR count). The molecule has 3 N–H and O–H groups in total. The lowest BCUT2D eigenvalue weighted by molar-refractivity contribution is -0.149. The van der Waals surface area contributed by atoms with Crippen LogP contribution in [0.1, 0.15) is 23.8 Å². The van der Waals surface area contributed by atoms with Crippen molar-refractivity contribution in [2.75, 3.05) is 41.4 Å². The lowest BCUT2D eigenvalue weighted by Crippen LogP contribution is -2.49. The number of anilines is 3. The third-order valence-electron chi connectivity index (χ3n) is 5.57. The van der Waals surface area contributed by atoms with Crippen LogP contribution in [0.5, 0.6) is 5.75 Å². The van der Waals surface area contributed by atoms with Crippen LogP contribution < -0.4 is 25.2 Å². The first-order valence-corrected chi connectivity index (χ1v) is 10.6. The number of aliphatic hydroxyl groups excluding tert-OH is 1. The Morgan fingerprint density at radius 2 is 2.12 bits per heavy atom. The molecule has 0 radical (unpaired) electrons. The van der Waals surface area contributed by atoms with Crippen LogP contribution in [0.3, 0.4) is 0 Å². The number of nitrogens with zero attached hydrogens (tertiary/aromatic N) is 4. The summed E-state index contributed by atoms with van der Waals surface area (Å²) in [5, 5.41) is 13.5. The number of hydrogen-bond donors (Lipinski definition) is 3. The molecular weight excluding hydrogens is 457 g/mol. The van der Waals surface area contributed by atoms with Gasteiger partial charge in [0.25, 0.3) is 5.91 Å². The molecule has 4 heterocycles. The number of carbonyl (C=O) groups excluding carboxylic acids is 2. The first-order valence-electron chi connectivity index (χ1n) is 10.6. The van der Waals surface area contributed by atoms with Crippen LogP contribution in [0.15, 0.2) is 30.5 Å². The van der Waals surface area contributed by atoms with Crippen molar-refractivity contribution in [3.05, 3.63) is 36.2 Å². The number of amides is 3. The fraction of sp³-hybridized carbons (Fsp3) is 0.429. The summed E-state index contributed by atoms with van der Waals surface area (Å²) in [5.74, 6) is -0.195. The number of ether oxygens (including phenoxy) is 1. The fourth-order valence-electron chi connectivity index (χ4n) is 3.85. The highest BCUT2D eigenvalue weighted by Crippen LogP contribution is 2.39. The second-order valence-corrected chi connectivity index (χ2v) is 7.91. The average Bonchev–Trinajstić information content (AvgIpc) is 3.21. The summed E-state index contributed by atoms with van der Waals surface area (Å²) in [7, 11) is 0. The number of hydrogen-bond acceptors (Lipinski definition) is 7. The molecular formula is C21H23F3N6O4. The predicted octanol–water partition coefficient (Wildman–Crippen LogP) is 2.16. The number of alkyl halides is 3. The van der Waals surface area contributed by atoms with Gasteiger partial charge in [-0.1, -0.05) is 0 Å². The SMILES string of the molecule is CC(NC(=O)c1ccc2c(n1)N(C(=O)Nc1cc(OCCO)ccn1)[C@H]1CCN2C1)C(F)(F)F. The van der Waals surface area contributed by atoms with E-state index >= 15 is 0 Å². The largest absolute Gasteiger partial charge is 0.491 e. The number of pyridine rings is 2. The monoisotopic (exact) mass is 480 g/mol. The lowest BCUT2D eigenvalue weighted by Gasteiger charge is -2.35. The maximum absolute atomic E-state index is 13.2. The Labute approximate surface area is 192 Å². The molecule has 0 aliphatic carbocycles. The molecule has 0 aromatic carbocycles. The van der Waals surface area contributed by atoms with Gasteiger partial charge in [0.1, 0.15) is 29.9 Å². The Hall–Kier alpha value is -3.61. The van der Waals surface area contributed by atoms with Gasteiger partial charge in [0, 0.05) is 25.4 Å². The average molecular weight is 480 g/mol. The molecule has 0 spiro atoms. The topological polar surface area (TPSA) is 120 Å². The number of fused-ring (bicyclic) bond motifs is 4. The summed E-state index contributed by atoms with van der Waals surface area (Å²) in [6.07, 6.45) is -2.50. The number of halogens is 3. The zero-order chi connectivity index (χ0) is 24.5. The van der Waals surface area contributed by atoms with Gasteiger partial charge in [0.2, 0.25) is 0 Å². The molecule has 10 nitrogen and oxygen atoms in total. The highest BCUT2D eigenvalue weighted by molar-refractivity contribution is 6.05. The highest BCUT2D eigenvalue weighted by atomic mass is 19.4. The Balaban J connectivity index is 1.58. The van der Waals surface area contributed by atoms with Gasteiger partial charge in [-0.05, 0) is 31.5 Å². The maximum atomic E-state index is 13.2. The highest BCUT2D eigenvalue weighted by Gasteiger charge is 2.41. The smallest absolute Gasteiger partial charge is 0.408 e. The van der Waals surface area contributed by atoms with Gasteiger partial charge in [0.15, 0.2) is 5.82 Å². The van der Waals surface area contributed by atoms with E-state index in [1.807, 2.05) is 10.2 Å². The molecule has 2 aromatic rings. The third kappa shape index (κ3) is 4.83. The van der Waals surface area contributed by atoms with Crippen molar-refractivity contribution in [1.82, 2.24) is 15.3 Å². The van der Waals surface area contributed by atoms with Gasteiger partial charge in [-0.3, -0.25) is 15.0 Å². The molecule has 3 amide bonds. The molecule has 1 unspecified atom stereocenters. The van der Waals surface area contributed by atoms with Gasteiger partial charge in [-0.2, -0.15) is 13.2 Å². The van der Waals surface area contributed by atoms with Crippen LogP contribution in [-0.4, -0.2) is 71.6 Å². The number of rotatable bonds is 6. The van der Waals surface area contributed by atoms with Crippen molar-refractivity contribution >= 4 is 29.3 Å². The Morgan fingerprint density at radius 3 is 2.85 bits per heavy atom. The minimum absolute atomic E-state index is 0.0799. The van der Waals surface area contributed by atoms with Gasteiger partial charge in [0.05, 0.1) is 18.3 Å². The Bertz CT molecular complexity index is 1080. The van der Waals surface area contributed by atoms with Crippen molar-refractivity contribution in [3.63, 3.8) is 0 Å². The van der Waals surface area contributed by atoms with Gasteiger partial charge in [-0.25, -0.2) is 14.8 Å². The van der Waals surface area contributed by atoms with Crippen molar-refractivity contribution in [3.8, 4) is 5.75 Å². The zero-order valence-electron chi connectivity index (χ0n) is 18.2. The van der Waals surface area contributed by atoms with Crippen LogP contribution in [0.25, 0.3) is 0 Å². The molecule has 2 bridgehead atoms. The normalized spacial score (nSPS) is 17.7. The minimum Gasteiger partial charge on any atom is -0.491 e. The molecule has 1 fully saturated rings. The van der Waals surface area contributed by atoms with E-state index in [4.69, 9.17) is 9.84 Å². The second-order valence-electron chi connectivity index (χ2n) is 7.91. The number of carbonyl (C=O) groups is 2. The molecule has 2 aliphatic heterocycles. The van der Waals surface area contributed by atoms with E-state index < -0.39 is 24.2 Å². The zero-order valence-corrected chi connectivity index (χ0v) is 18.2. The number of urea groups is 1. The summed E-state index contributed by atoms with van der Waals surface area (Å²) >= 11 is 0. The molecule has 182 valence electrons. The van der Waals surface area contributed by atoms with E-state index in [9.17, 15) is 22.8 Å². The van der Waals surface area contributed by atoms with Crippen LogP contribution in [0.2, 0.25) is 0 Å². The molecule has 13 heteroatoms. The standard InChI is InChI=1S/C21H23F3N6O4/c1-12(21(22,23)24)26-19(32)15-2-3-16-18(27-15)30(13-5-7-29(16)11-13)20(33)28-17-10-14(4-6-25-17)34-9-8-31/h2-4,6,10,12-13,31H,5,7-9,11H2,1H3,(H,26,32)(H,25,28,33)/t12?,13-/m0/s1. The molecule has 2 aromatic heterocycles. The molecule has 2 aliphatic rings. The van der Waals surface area contributed by atoms with Gasteiger partial charge < -0.3 is 20.1 Å². The number of nitrogens with one attached hydrogen (secondary N) is 2. The van der Waals surface area contributed by atoms with Crippen LogP contribution in [0.4, 0.5) is 35.3 Å². The summed E-state index contributed by atoms with van der Waals surface area (Å²) < 4.78 is 43.9. The number of aromatic nitrogens is 2. The molecule has 34 heavy (non-hydrogen) atoms. The number of aliphatic hydroxyl groups is 1. The fourth-order valence-corrected chi connectivity index (χ4v) is 3.85. The van der Waals surface area contributed by atoms with E-state index in [0.29, 0.717) is 30.9 Å². The molecule has 1 saturated heterocycles. The van der Waals surface area contributed by atoms with E-state index in [-0.39, 0.29) is 36.6 Å². The van der Waals surface area contributed by atoms with Crippen molar-refractivity contribution in [1.29, 1.82) is 0 Å². The summed E-state index contributed by atoms with van der Waals surface area (Å²) in [6, 6.07) is 3.16. The van der Waals surface area contributed by atoms with Crippen molar-refractivity contribution in [2.24, 2.45) is 0 Å². The summed E-state index contributed by atoms with van der Waals surface area (Å²) in [4.78, 5) is 37.4. The summed E-state index contributed by atoms with van der Waals surface area (Å²) in [5.41, 5.74) is 0.380. The van der Waals surface area contributed by atoms with E-state index in [1.165, 1.54) is 23.2 Å². The quantitative estimate of drug-likeness (QED) is 0.580. The predicted molar refractivity (Wildman–Crippen MR) is 116 cm³/mol. The molecule has 0 saturated carbocycles. The maximum Gasteiger partial charge on any atom is 0.408 e. The van der Waals surface area contributed by atoms with Crippen LogP contribution in [-0.2, 0) is 0 Å². The third-order valence-corrected chi connectivity index (χ3v) is 5.57. The first kappa shape index (κ1) is 23.5. The second kappa shape index (κ2) is 9.33. The van der Waals surface area contributed by atoms with Crippen molar-refractivity contribution < 1.29 is 32.6 Å². The van der Waals surface area contributed by atoms with Gasteiger partial charge in [-0.15, -0.1) is 0 Å². The van der Waals surface area contributed by atoms with Crippen LogP contribution in [0, 0.1) is 0 Å².